The van der Waals surface area contributed by atoms with Crippen molar-refractivity contribution >= 4 is 5.91 Å². The molecule has 2 rings (SSSR count). The van der Waals surface area contributed by atoms with Gasteiger partial charge in [-0.2, -0.15) is 0 Å². The minimum Gasteiger partial charge on any atom is -0.406 e. The molecule has 1 aromatic carbocycles. The quantitative estimate of drug-likeness (QED) is 0.903. The summed E-state index contributed by atoms with van der Waals surface area (Å²) in [6.45, 7) is 1.08. The molecule has 1 aliphatic rings. The van der Waals surface area contributed by atoms with Crippen LogP contribution in [0.2, 0.25) is 0 Å². The van der Waals surface area contributed by atoms with Gasteiger partial charge in [-0.15, -0.1) is 13.2 Å². The molecule has 4 nitrogen and oxygen atoms in total. The van der Waals surface area contributed by atoms with Crippen molar-refractivity contribution in [2.45, 2.75) is 44.5 Å². The smallest absolute Gasteiger partial charge is 0.406 e. The zero-order valence-corrected chi connectivity index (χ0v) is 12.8. The predicted octanol–water partition coefficient (Wildman–Crippen LogP) is 2.86. The number of benzene rings is 1. The molecule has 1 fully saturated rings. The van der Waals surface area contributed by atoms with Gasteiger partial charge in [-0.05, 0) is 37.3 Å². The molecule has 1 aromatic rings. The number of halogens is 3. The van der Waals surface area contributed by atoms with E-state index in [1.54, 1.807) is 17.0 Å². The summed E-state index contributed by atoms with van der Waals surface area (Å²) in [5, 5.41) is 0. The van der Waals surface area contributed by atoms with Crippen molar-refractivity contribution in [2.24, 2.45) is 5.73 Å². The van der Waals surface area contributed by atoms with Crippen LogP contribution in [0.4, 0.5) is 13.2 Å². The molecule has 7 heteroatoms. The number of nitrogens with zero attached hydrogens (tertiary/aromatic N) is 1. The second-order valence-electron chi connectivity index (χ2n) is 5.63. The molecule has 1 amide bonds. The molecule has 128 valence electrons. The first-order chi connectivity index (χ1) is 10.9. The molecule has 1 heterocycles. The number of nitrogens with two attached hydrogens (primary N) is 1. The number of hydrogen-bond acceptors (Lipinski definition) is 3. The number of carbonyl (C=O) groups excluding carboxylic acids is 1. The normalized spacial score (nSPS) is 18.8. The van der Waals surface area contributed by atoms with E-state index in [2.05, 4.69) is 4.74 Å². The van der Waals surface area contributed by atoms with E-state index in [4.69, 9.17) is 5.73 Å². The molecule has 0 spiro atoms. The minimum absolute atomic E-state index is 0.0397. The first-order valence-electron chi connectivity index (χ1n) is 7.74. The number of piperidine rings is 1. The number of aryl methyl sites for hydroxylation is 1. The maximum absolute atomic E-state index is 12.4. The summed E-state index contributed by atoms with van der Waals surface area (Å²) in [6.07, 6.45) is -1.51. The van der Waals surface area contributed by atoms with E-state index < -0.39 is 6.36 Å². The Morgan fingerprint density at radius 1 is 1.30 bits per heavy atom. The van der Waals surface area contributed by atoms with Crippen LogP contribution < -0.4 is 10.5 Å². The zero-order valence-electron chi connectivity index (χ0n) is 12.8. The maximum Gasteiger partial charge on any atom is 0.573 e. The fourth-order valence-corrected chi connectivity index (χ4v) is 2.89. The second-order valence-corrected chi connectivity index (χ2v) is 5.63. The van der Waals surface area contributed by atoms with Gasteiger partial charge in [0.2, 0.25) is 5.91 Å². The SMILES string of the molecule is NC[C@H]1CCCCN1C(=O)CCc1ccccc1OC(F)(F)F. The zero-order chi connectivity index (χ0) is 16.9. The van der Waals surface area contributed by atoms with Crippen LogP contribution in [0.5, 0.6) is 5.75 Å². The van der Waals surface area contributed by atoms with Gasteiger partial charge in [0.15, 0.2) is 0 Å². The standard InChI is InChI=1S/C16H21F3N2O2/c17-16(18,19)23-14-7-2-1-5-12(14)8-9-15(22)21-10-4-3-6-13(21)11-20/h1-2,5,7,13H,3-4,6,8-11,20H2/t13-/m1/s1. The van der Waals surface area contributed by atoms with Gasteiger partial charge in [0, 0.05) is 25.6 Å². The van der Waals surface area contributed by atoms with Crippen LogP contribution >= 0.6 is 0 Å². The number of likely N-dealkylation sites (tertiary alicyclic amines) is 1. The molecule has 2 N–H and O–H groups in total. The summed E-state index contributed by atoms with van der Waals surface area (Å²) in [5.41, 5.74) is 6.07. The Morgan fingerprint density at radius 3 is 2.74 bits per heavy atom. The average molecular weight is 330 g/mol. The topological polar surface area (TPSA) is 55.6 Å². The third kappa shape index (κ3) is 5.13. The molecular weight excluding hydrogens is 309 g/mol. The molecule has 0 aromatic heterocycles. The van der Waals surface area contributed by atoms with E-state index in [0.29, 0.717) is 18.7 Å². The van der Waals surface area contributed by atoms with Crippen LogP contribution in [0.3, 0.4) is 0 Å². The lowest BCUT2D eigenvalue weighted by molar-refractivity contribution is -0.274. The van der Waals surface area contributed by atoms with Gasteiger partial charge in [-0.25, -0.2) is 0 Å². The minimum atomic E-state index is -4.74. The van der Waals surface area contributed by atoms with Gasteiger partial charge < -0.3 is 15.4 Å². The summed E-state index contributed by atoms with van der Waals surface area (Å²) in [5.74, 6) is -0.316. The largest absolute Gasteiger partial charge is 0.573 e. The summed E-state index contributed by atoms with van der Waals surface area (Å²) in [4.78, 5) is 14.1. The summed E-state index contributed by atoms with van der Waals surface area (Å²) >= 11 is 0. The summed E-state index contributed by atoms with van der Waals surface area (Å²) in [6, 6.07) is 5.95. The van der Waals surface area contributed by atoms with Crippen molar-refractivity contribution in [2.75, 3.05) is 13.1 Å². The molecule has 1 atom stereocenters. The molecule has 0 saturated carbocycles. The number of carbonyl (C=O) groups is 1. The van der Waals surface area contributed by atoms with Crippen molar-refractivity contribution in [3.05, 3.63) is 29.8 Å². The Balaban J connectivity index is 1.99. The highest BCUT2D eigenvalue weighted by atomic mass is 19.4. The van der Waals surface area contributed by atoms with E-state index >= 15 is 0 Å². The lowest BCUT2D eigenvalue weighted by Gasteiger charge is -2.35. The van der Waals surface area contributed by atoms with Crippen LogP contribution in [-0.2, 0) is 11.2 Å². The number of amides is 1. The fraction of sp³-hybridized carbons (Fsp3) is 0.562. The summed E-state index contributed by atoms with van der Waals surface area (Å²) in [7, 11) is 0. The van der Waals surface area contributed by atoms with E-state index in [-0.39, 0.29) is 30.5 Å². The Hall–Kier alpha value is -1.76. The van der Waals surface area contributed by atoms with Crippen molar-refractivity contribution < 1.29 is 22.7 Å². The summed E-state index contributed by atoms with van der Waals surface area (Å²) < 4.78 is 41.2. The number of rotatable bonds is 5. The highest BCUT2D eigenvalue weighted by Crippen LogP contribution is 2.27. The van der Waals surface area contributed by atoms with Gasteiger partial charge >= 0.3 is 6.36 Å². The van der Waals surface area contributed by atoms with Gasteiger partial charge in [-0.1, -0.05) is 18.2 Å². The van der Waals surface area contributed by atoms with E-state index in [1.807, 2.05) is 0 Å². The lowest BCUT2D eigenvalue weighted by atomic mass is 10.0. The molecule has 0 unspecified atom stereocenters. The highest BCUT2D eigenvalue weighted by molar-refractivity contribution is 5.77. The monoisotopic (exact) mass is 330 g/mol. The first kappa shape index (κ1) is 17.6. The fourth-order valence-electron chi connectivity index (χ4n) is 2.89. The number of alkyl halides is 3. The van der Waals surface area contributed by atoms with Gasteiger partial charge in [-0.3, -0.25) is 4.79 Å². The average Bonchev–Trinajstić information content (AvgIpc) is 2.52. The molecule has 0 bridgehead atoms. The molecule has 23 heavy (non-hydrogen) atoms. The van der Waals surface area contributed by atoms with Crippen molar-refractivity contribution in [3.63, 3.8) is 0 Å². The van der Waals surface area contributed by atoms with Crippen LogP contribution in [0.1, 0.15) is 31.2 Å². The molecule has 0 aliphatic carbocycles. The Bertz CT molecular complexity index is 534. The first-order valence-corrected chi connectivity index (χ1v) is 7.74. The molecule has 0 radical (unpaired) electrons. The van der Waals surface area contributed by atoms with Crippen LogP contribution in [-0.4, -0.2) is 36.3 Å². The second kappa shape index (κ2) is 7.68. The molecule has 1 aliphatic heterocycles. The lowest BCUT2D eigenvalue weighted by Crippen LogP contribution is -2.47. The van der Waals surface area contributed by atoms with Crippen LogP contribution in [0, 0.1) is 0 Å². The number of ether oxygens (including phenoxy) is 1. The maximum atomic E-state index is 12.4. The Labute approximate surface area is 133 Å². The van der Waals surface area contributed by atoms with Crippen LogP contribution in [0.15, 0.2) is 24.3 Å². The Morgan fingerprint density at radius 2 is 2.04 bits per heavy atom. The Kier molecular flexibility index (Phi) is 5.87. The van der Waals surface area contributed by atoms with Crippen molar-refractivity contribution in [1.82, 2.24) is 4.90 Å². The molecule has 1 saturated heterocycles. The van der Waals surface area contributed by atoms with Crippen LogP contribution in [0.25, 0.3) is 0 Å². The molecular formula is C16H21F3N2O2. The van der Waals surface area contributed by atoms with Gasteiger partial charge in [0.05, 0.1) is 0 Å². The number of para-hydroxylation sites is 1. The van der Waals surface area contributed by atoms with E-state index in [9.17, 15) is 18.0 Å². The highest BCUT2D eigenvalue weighted by Gasteiger charge is 2.32. The van der Waals surface area contributed by atoms with E-state index in [1.165, 1.54) is 12.1 Å². The van der Waals surface area contributed by atoms with Crippen molar-refractivity contribution in [3.8, 4) is 5.75 Å². The third-order valence-electron chi connectivity index (χ3n) is 4.03. The van der Waals surface area contributed by atoms with Gasteiger partial charge in [0.25, 0.3) is 0 Å². The number of hydrogen-bond donors (Lipinski definition) is 1. The van der Waals surface area contributed by atoms with Crippen molar-refractivity contribution in [1.29, 1.82) is 0 Å². The third-order valence-corrected chi connectivity index (χ3v) is 4.03. The predicted molar refractivity (Wildman–Crippen MR) is 79.9 cm³/mol. The van der Waals surface area contributed by atoms with Gasteiger partial charge in [0.1, 0.15) is 5.75 Å². The van der Waals surface area contributed by atoms with E-state index in [0.717, 1.165) is 19.3 Å².